The third-order valence-corrected chi connectivity index (χ3v) is 2.15. The summed E-state index contributed by atoms with van der Waals surface area (Å²) in [5.41, 5.74) is 0.694. The van der Waals surface area contributed by atoms with E-state index in [2.05, 4.69) is 4.98 Å². The van der Waals surface area contributed by atoms with E-state index in [4.69, 9.17) is 0 Å². The summed E-state index contributed by atoms with van der Waals surface area (Å²) in [4.78, 5) is 14.7. The van der Waals surface area contributed by atoms with Gasteiger partial charge in [-0.1, -0.05) is 0 Å². The first-order valence-corrected chi connectivity index (χ1v) is 4.37. The first kappa shape index (κ1) is 8.74. The van der Waals surface area contributed by atoms with Crippen molar-refractivity contribution in [3.8, 4) is 0 Å². The van der Waals surface area contributed by atoms with Crippen LogP contribution in [0, 0.1) is 0 Å². The summed E-state index contributed by atoms with van der Waals surface area (Å²) in [6.07, 6.45) is 8.19. The highest BCUT2D eigenvalue weighted by Gasteiger charge is 2.00. The van der Waals surface area contributed by atoms with Gasteiger partial charge in [0.15, 0.2) is 6.29 Å². The number of aromatic nitrogens is 3. The highest BCUT2D eigenvalue weighted by atomic mass is 16.1. The van der Waals surface area contributed by atoms with E-state index in [1.807, 2.05) is 34.8 Å². The number of aldehydes is 1. The molecule has 0 bridgehead atoms. The molecule has 4 nitrogen and oxygen atoms in total. The number of imidazole rings is 1. The topological polar surface area (TPSA) is 39.8 Å². The summed E-state index contributed by atoms with van der Waals surface area (Å²) in [7, 11) is 1.95. The van der Waals surface area contributed by atoms with Crippen LogP contribution in [0.25, 0.3) is 0 Å². The highest BCUT2D eigenvalue weighted by molar-refractivity contribution is 5.74. The van der Waals surface area contributed by atoms with Gasteiger partial charge in [0.05, 0.1) is 6.54 Å². The largest absolute Gasteiger partial charge is 0.346 e. The van der Waals surface area contributed by atoms with Gasteiger partial charge in [0.25, 0.3) is 0 Å². The molecule has 14 heavy (non-hydrogen) atoms. The van der Waals surface area contributed by atoms with Crippen LogP contribution in [0.2, 0.25) is 0 Å². The molecule has 0 saturated heterocycles. The first-order valence-electron chi connectivity index (χ1n) is 4.37. The molecular formula is C10H11N3O. The molecule has 0 amide bonds. The summed E-state index contributed by atoms with van der Waals surface area (Å²) >= 11 is 0. The van der Waals surface area contributed by atoms with Crippen LogP contribution < -0.4 is 0 Å². The van der Waals surface area contributed by atoms with Crippen molar-refractivity contribution < 1.29 is 4.79 Å². The second-order valence-electron chi connectivity index (χ2n) is 3.19. The molecule has 0 aliphatic rings. The van der Waals surface area contributed by atoms with Gasteiger partial charge in [-0.15, -0.1) is 0 Å². The highest BCUT2D eigenvalue weighted by Crippen LogP contribution is 2.02. The first-order chi connectivity index (χ1) is 6.79. The third-order valence-electron chi connectivity index (χ3n) is 2.15. The average molecular weight is 189 g/mol. The second-order valence-corrected chi connectivity index (χ2v) is 3.19. The van der Waals surface area contributed by atoms with E-state index in [0.717, 1.165) is 12.1 Å². The zero-order chi connectivity index (χ0) is 9.97. The lowest BCUT2D eigenvalue weighted by Crippen LogP contribution is -2.03. The third kappa shape index (κ3) is 1.59. The quantitative estimate of drug-likeness (QED) is 0.678. The molecule has 2 rings (SSSR count). The predicted molar refractivity (Wildman–Crippen MR) is 52.1 cm³/mol. The smallest absolute Gasteiger partial charge is 0.151 e. The molecule has 0 aromatic carbocycles. The van der Waals surface area contributed by atoms with Crippen molar-refractivity contribution in [2.75, 3.05) is 0 Å². The average Bonchev–Trinajstić information content (AvgIpc) is 2.77. The fraction of sp³-hybridized carbons (Fsp3) is 0.200. The Morgan fingerprint density at radius 1 is 1.50 bits per heavy atom. The molecule has 0 unspecified atom stereocenters. The van der Waals surface area contributed by atoms with Gasteiger partial charge < -0.3 is 9.13 Å². The van der Waals surface area contributed by atoms with Crippen molar-refractivity contribution in [2.45, 2.75) is 6.54 Å². The van der Waals surface area contributed by atoms with Crippen LogP contribution in [0.5, 0.6) is 0 Å². The maximum atomic E-state index is 10.5. The van der Waals surface area contributed by atoms with Crippen molar-refractivity contribution in [1.29, 1.82) is 0 Å². The number of aryl methyl sites for hydroxylation is 1. The summed E-state index contributed by atoms with van der Waals surface area (Å²) < 4.78 is 3.90. The Hall–Kier alpha value is -1.84. The van der Waals surface area contributed by atoms with Crippen LogP contribution in [0.3, 0.4) is 0 Å². The second kappa shape index (κ2) is 3.49. The summed E-state index contributed by atoms with van der Waals surface area (Å²) in [6.45, 7) is 0.692. The van der Waals surface area contributed by atoms with Crippen molar-refractivity contribution in [1.82, 2.24) is 14.1 Å². The van der Waals surface area contributed by atoms with Gasteiger partial charge in [0.2, 0.25) is 0 Å². The van der Waals surface area contributed by atoms with Crippen LogP contribution in [-0.2, 0) is 13.6 Å². The minimum absolute atomic E-state index is 0.692. The molecule has 0 N–H and O–H groups in total. The molecule has 2 heterocycles. The summed E-state index contributed by atoms with van der Waals surface area (Å²) in [6, 6.07) is 1.79. The van der Waals surface area contributed by atoms with Gasteiger partial charge in [-0.3, -0.25) is 4.79 Å². The SMILES string of the molecule is Cn1ccnc1Cn1ccc(C=O)c1. The number of nitrogens with zero attached hydrogens (tertiary/aromatic N) is 3. The number of carbonyl (C=O) groups excluding carboxylic acids is 1. The lowest BCUT2D eigenvalue weighted by Gasteiger charge is -2.02. The van der Waals surface area contributed by atoms with Crippen molar-refractivity contribution in [2.24, 2.45) is 7.05 Å². The molecule has 2 aromatic rings. The van der Waals surface area contributed by atoms with Crippen molar-refractivity contribution in [3.63, 3.8) is 0 Å². The Morgan fingerprint density at radius 2 is 2.36 bits per heavy atom. The van der Waals surface area contributed by atoms with E-state index in [1.54, 1.807) is 12.3 Å². The van der Waals surface area contributed by atoms with E-state index in [1.165, 1.54) is 0 Å². The fourth-order valence-corrected chi connectivity index (χ4v) is 1.34. The molecule has 72 valence electrons. The molecule has 0 atom stereocenters. The molecule has 0 radical (unpaired) electrons. The van der Waals surface area contributed by atoms with E-state index >= 15 is 0 Å². The van der Waals surface area contributed by atoms with E-state index in [9.17, 15) is 4.79 Å². The van der Waals surface area contributed by atoms with E-state index < -0.39 is 0 Å². The molecule has 0 fully saturated rings. The van der Waals surface area contributed by atoms with Crippen molar-refractivity contribution in [3.05, 3.63) is 42.2 Å². The predicted octanol–water partition coefficient (Wildman–Crippen LogP) is 1.08. The minimum Gasteiger partial charge on any atom is -0.346 e. The standard InChI is InChI=1S/C10H11N3O/c1-12-5-3-11-10(12)7-13-4-2-9(6-13)8-14/h2-6,8H,7H2,1H3. The normalized spacial score (nSPS) is 10.4. The Bertz CT molecular complexity index is 442. The molecule has 0 aliphatic heterocycles. The molecule has 4 heteroatoms. The molecule has 2 aromatic heterocycles. The van der Waals surface area contributed by atoms with Crippen LogP contribution in [0.1, 0.15) is 16.2 Å². The van der Waals surface area contributed by atoms with Crippen molar-refractivity contribution >= 4 is 6.29 Å². The van der Waals surface area contributed by atoms with E-state index in [-0.39, 0.29) is 0 Å². The Morgan fingerprint density at radius 3 is 2.93 bits per heavy atom. The van der Waals surface area contributed by atoms with Gasteiger partial charge >= 0.3 is 0 Å². The zero-order valence-corrected chi connectivity index (χ0v) is 7.92. The number of carbonyl (C=O) groups is 1. The lowest BCUT2D eigenvalue weighted by molar-refractivity contribution is 0.112. The number of hydrogen-bond acceptors (Lipinski definition) is 2. The van der Waals surface area contributed by atoms with Gasteiger partial charge in [0, 0.05) is 37.4 Å². The number of rotatable bonds is 3. The Balaban J connectivity index is 2.18. The zero-order valence-electron chi connectivity index (χ0n) is 7.92. The minimum atomic E-state index is 0.692. The van der Waals surface area contributed by atoms with Crippen LogP contribution in [0.4, 0.5) is 0 Å². The van der Waals surface area contributed by atoms with Gasteiger partial charge in [-0.25, -0.2) is 4.98 Å². The van der Waals surface area contributed by atoms with Crippen LogP contribution in [-0.4, -0.2) is 20.4 Å². The Kier molecular flexibility index (Phi) is 2.18. The molecule has 0 spiro atoms. The van der Waals surface area contributed by atoms with E-state index in [0.29, 0.717) is 12.1 Å². The lowest BCUT2D eigenvalue weighted by atomic mass is 10.4. The maximum absolute atomic E-state index is 10.5. The molecule has 0 aliphatic carbocycles. The van der Waals surface area contributed by atoms with Crippen LogP contribution >= 0.6 is 0 Å². The molecular weight excluding hydrogens is 178 g/mol. The summed E-state index contributed by atoms with van der Waals surface area (Å²) in [5.74, 6) is 0.970. The number of hydrogen-bond donors (Lipinski definition) is 0. The summed E-state index contributed by atoms with van der Waals surface area (Å²) in [5, 5.41) is 0. The van der Waals surface area contributed by atoms with Gasteiger partial charge in [-0.2, -0.15) is 0 Å². The maximum Gasteiger partial charge on any atom is 0.151 e. The monoisotopic (exact) mass is 189 g/mol. The Labute approximate surface area is 81.8 Å². The molecule has 0 saturated carbocycles. The fourth-order valence-electron chi connectivity index (χ4n) is 1.34. The van der Waals surface area contributed by atoms with Crippen LogP contribution in [0.15, 0.2) is 30.9 Å². The van der Waals surface area contributed by atoms with Gasteiger partial charge in [-0.05, 0) is 6.07 Å². The van der Waals surface area contributed by atoms with Gasteiger partial charge in [0.1, 0.15) is 5.82 Å².